The van der Waals surface area contributed by atoms with Gasteiger partial charge in [0.05, 0.1) is 25.4 Å². The molecule has 5 aromatic rings. The Hall–Kier alpha value is -6.50. The predicted molar refractivity (Wildman–Crippen MR) is 217 cm³/mol. The lowest BCUT2D eigenvalue weighted by atomic mass is 10.1. The van der Waals surface area contributed by atoms with Crippen LogP contribution in [0.3, 0.4) is 0 Å². The number of esters is 2. The van der Waals surface area contributed by atoms with Crippen molar-refractivity contribution < 1.29 is 38.1 Å². The number of amides is 2. The Morgan fingerprint density at radius 3 is 1.32 bits per heavy atom. The van der Waals surface area contributed by atoms with E-state index in [9.17, 15) is 19.2 Å². The second-order valence-electron chi connectivity index (χ2n) is 12.3. The van der Waals surface area contributed by atoms with Gasteiger partial charge in [-0.3, -0.25) is 9.59 Å². The molecule has 0 bridgehead atoms. The Balaban J connectivity index is 1.13. The second kappa shape index (κ2) is 17.3. The summed E-state index contributed by atoms with van der Waals surface area (Å²) in [5, 5.41) is 2.70. The molecule has 0 spiro atoms. The summed E-state index contributed by atoms with van der Waals surface area (Å²) in [6.45, 7) is 6.80. The van der Waals surface area contributed by atoms with Gasteiger partial charge in [-0.1, -0.05) is 134 Å². The molecule has 2 aliphatic rings. The molecule has 12 heteroatoms. The van der Waals surface area contributed by atoms with Crippen LogP contribution >= 0.6 is 23.5 Å². The maximum atomic E-state index is 14.3. The molecule has 5 aromatic carbocycles. The van der Waals surface area contributed by atoms with Gasteiger partial charge in [0.15, 0.2) is 13.2 Å². The summed E-state index contributed by atoms with van der Waals surface area (Å²) >= 11 is 2.29. The Morgan fingerprint density at radius 2 is 0.946 bits per heavy atom. The van der Waals surface area contributed by atoms with Crippen LogP contribution in [0.25, 0.3) is 12.2 Å². The lowest BCUT2D eigenvalue weighted by Crippen LogP contribution is -2.41. The van der Waals surface area contributed by atoms with E-state index in [1.165, 1.54) is 10.0 Å². The molecule has 0 aliphatic carbocycles. The summed E-state index contributed by atoms with van der Waals surface area (Å²) in [6, 6.07) is 35.9. The average Bonchev–Trinajstić information content (AvgIpc) is 3.79. The normalized spacial score (nSPS) is 13.4. The predicted octanol–water partition coefficient (Wildman–Crippen LogP) is 8.62. The van der Waals surface area contributed by atoms with Gasteiger partial charge in [-0.2, -0.15) is 0 Å². The highest BCUT2D eigenvalue weighted by atomic mass is 32.2. The van der Waals surface area contributed by atoms with Gasteiger partial charge in [0, 0.05) is 0 Å². The monoisotopic (exact) mass is 782 g/mol. The summed E-state index contributed by atoms with van der Waals surface area (Å²) in [6.07, 6.45) is 3.45. The first-order valence-corrected chi connectivity index (χ1v) is 19.0. The van der Waals surface area contributed by atoms with Crippen LogP contribution in [0, 0.1) is 0 Å². The fraction of sp³-hybridized carbons (Fsp3) is 0.0909. The van der Waals surface area contributed by atoms with Crippen LogP contribution in [0.2, 0.25) is 0 Å². The highest BCUT2D eigenvalue weighted by Crippen LogP contribution is 2.59. The zero-order valence-corrected chi connectivity index (χ0v) is 31.6. The summed E-state index contributed by atoms with van der Waals surface area (Å²) in [5.41, 5.74) is 4.47. The maximum Gasteiger partial charge on any atom is 0.344 e. The van der Waals surface area contributed by atoms with E-state index < -0.39 is 37.0 Å². The van der Waals surface area contributed by atoms with E-state index in [0.29, 0.717) is 36.9 Å². The number of thioether (sulfide) groups is 2. The van der Waals surface area contributed by atoms with Crippen molar-refractivity contribution in [3.05, 3.63) is 167 Å². The molecular weight excluding hydrogens is 749 g/mol. The lowest BCUT2D eigenvalue weighted by molar-refractivity contribution is -0.148. The summed E-state index contributed by atoms with van der Waals surface area (Å²) < 4.78 is 23.2. The molecule has 0 aromatic heterocycles. The number of nitrogens with zero attached hydrogens (tertiary/aromatic N) is 2. The van der Waals surface area contributed by atoms with Gasteiger partial charge < -0.3 is 18.9 Å². The quantitative estimate of drug-likeness (QED) is 0.0617. The van der Waals surface area contributed by atoms with Gasteiger partial charge in [0.25, 0.3) is 11.8 Å². The van der Waals surface area contributed by atoms with Crippen molar-refractivity contribution in [3.8, 4) is 11.5 Å². The number of hydrazine groups is 1. The van der Waals surface area contributed by atoms with Crippen molar-refractivity contribution in [3.63, 3.8) is 0 Å². The first-order chi connectivity index (χ1) is 27.3. The molecular formula is C44H34N2O8S2. The minimum Gasteiger partial charge on any atom is -0.481 e. The molecule has 0 atom stereocenters. The number of ether oxygens (including phenoxy) is 4. The van der Waals surface area contributed by atoms with Gasteiger partial charge in [0.2, 0.25) is 0 Å². The largest absolute Gasteiger partial charge is 0.481 e. The SMILES string of the molecule is C=Cc1ccc(COC(=O)COc2ccc(OCC(=O)OCc3ccc(C=C)cc3)c3c2SC(=C2C(=O)N(c4ccccc4)N(c4ccccc4)C2=O)S3)cc1. The molecule has 2 heterocycles. The average molecular weight is 783 g/mol. The topological polar surface area (TPSA) is 112 Å². The second-order valence-corrected chi connectivity index (χ2v) is 14.6. The number of hydrogen-bond donors (Lipinski definition) is 0. The fourth-order valence-corrected chi connectivity index (χ4v) is 8.39. The fourth-order valence-electron chi connectivity index (χ4n) is 5.70. The number of carbonyl (C=O) groups is 4. The lowest BCUT2D eigenvalue weighted by Gasteiger charge is -2.27. The van der Waals surface area contributed by atoms with Crippen LogP contribution in [-0.4, -0.2) is 37.0 Å². The van der Waals surface area contributed by atoms with Gasteiger partial charge >= 0.3 is 11.9 Å². The molecule has 7 rings (SSSR count). The molecule has 2 amide bonds. The third kappa shape index (κ3) is 8.41. The molecule has 280 valence electrons. The van der Waals surface area contributed by atoms with Crippen LogP contribution in [0.4, 0.5) is 11.4 Å². The van der Waals surface area contributed by atoms with Gasteiger partial charge in [-0.05, 0) is 58.7 Å². The Labute approximate surface area is 332 Å². The van der Waals surface area contributed by atoms with Crippen LogP contribution < -0.4 is 19.5 Å². The van der Waals surface area contributed by atoms with E-state index in [-0.39, 0.29) is 18.8 Å². The Bertz CT molecular complexity index is 2170. The van der Waals surface area contributed by atoms with Crippen molar-refractivity contribution in [2.45, 2.75) is 23.0 Å². The van der Waals surface area contributed by atoms with Crippen LogP contribution in [0.15, 0.2) is 154 Å². The van der Waals surface area contributed by atoms with E-state index in [0.717, 1.165) is 45.8 Å². The zero-order chi connectivity index (χ0) is 39.0. The number of anilines is 2. The number of hydrogen-bond acceptors (Lipinski definition) is 10. The summed E-state index contributed by atoms with van der Waals surface area (Å²) in [5.74, 6) is -1.63. The smallest absolute Gasteiger partial charge is 0.344 e. The van der Waals surface area contributed by atoms with E-state index in [1.54, 1.807) is 72.8 Å². The number of benzene rings is 5. The first kappa shape index (κ1) is 37.8. The molecule has 0 radical (unpaired) electrons. The van der Waals surface area contributed by atoms with Crippen LogP contribution in [-0.2, 0) is 41.9 Å². The standard InChI is InChI=1S/C44H34N2O8S2/c1-3-29-15-19-31(20-16-29)25-53-37(47)27-51-35-23-24-36(52-28-38(48)54-26-32-21-17-30(4-2)18-22-32)41-40(35)55-44(56-41)39-42(49)45(33-11-7-5-8-12-33)46(43(39)50)34-13-9-6-10-14-34/h3-24H,1-2,25-28H2. The Morgan fingerprint density at radius 1 is 0.554 bits per heavy atom. The molecule has 2 aliphatic heterocycles. The number of rotatable bonds is 14. The highest BCUT2D eigenvalue weighted by Gasteiger charge is 2.46. The zero-order valence-electron chi connectivity index (χ0n) is 29.9. The summed E-state index contributed by atoms with van der Waals surface area (Å²) in [7, 11) is 0. The number of para-hydroxylation sites is 2. The van der Waals surface area contributed by atoms with E-state index in [2.05, 4.69) is 13.2 Å². The van der Waals surface area contributed by atoms with Gasteiger partial charge in [-0.15, -0.1) is 0 Å². The first-order valence-electron chi connectivity index (χ1n) is 17.4. The molecule has 56 heavy (non-hydrogen) atoms. The van der Waals surface area contributed by atoms with Crippen molar-refractivity contribution in [2.24, 2.45) is 0 Å². The third-order valence-electron chi connectivity index (χ3n) is 8.57. The molecule has 10 nitrogen and oxygen atoms in total. The van der Waals surface area contributed by atoms with Crippen LogP contribution in [0.5, 0.6) is 11.5 Å². The molecule has 1 saturated heterocycles. The molecule has 1 fully saturated rings. The maximum absolute atomic E-state index is 14.3. The third-order valence-corrected chi connectivity index (χ3v) is 11.2. The van der Waals surface area contributed by atoms with Gasteiger partial charge in [-0.25, -0.2) is 19.6 Å². The number of carbonyl (C=O) groups excluding carboxylic acids is 4. The molecule has 0 N–H and O–H groups in total. The van der Waals surface area contributed by atoms with Crippen molar-refractivity contribution in [1.29, 1.82) is 0 Å². The van der Waals surface area contributed by atoms with E-state index >= 15 is 0 Å². The van der Waals surface area contributed by atoms with E-state index in [1.807, 2.05) is 60.7 Å². The van der Waals surface area contributed by atoms with Crippen LogP contribution in [0.1, 0.15) is 22.3 Å². The minimum absolute atomic E-state index is 0.0513. The highest BCUT2D eigenvalue weighted by molar-refractivity contribution is 8.25. The number of fused-ring (bicyclic) bond motifs is 1. The summed E-state index contributed by atoms with van der Waals surface area (Å²) in [4.78, 5) is 55.1. The minimum atomic E-state index is -0.596. The van der Waals surface area contributed by atoms with Gasteiger partial charge in [0.1, 0.15) is 30.3 Å². The molecule has 0 saturated carbocycles. The molecule has 0 unspecified atom stereocenters. The van der Waals surface area contributed by atoms with E-state index in [4.69, 9.17) is 18.9 Å². The van der Waals surface area contributed by atoms with Crippen molar-refractivity contribution in [2.75, 3.05) is 23.2 Å². The van der Waals surface area contributed by atoms with Crippen molar-refractivity contribution >= 4 is 70.8 Å². The van der Waals surface area contributed by atoms with Crippen molar-refractivity contribution in [1.82, 2.24) is 0 Å². The Kier molecular flexibility index (Phi) is 11.7.